The van der Waals surface area contributed by atoms with Gasteiger partial charge in [0.15, 0.2) is 0 Å². The summed E-state index contributed by atoms with van der Waals surface area (Å²) in [4.78, 5) is 23.8. The molecule has 4 N–H and O–H groups in total. The number of benzene rings is 1. The zero-order chi connectivity index (χ0) is 15.2. The summed E-state index contributed by atoms with van der Waals surface area (Å²) in [5.74, 6) is -0.0633. The van der Waals surface area contributed by atoms with E-state index in [4.69, 9.17) is 5.73 Å². The van der Waals surface area contributed by atoms with Crippen LogP contribution in [0.5, 0.6) is 0 Å². The Bertz CT molecular complexity index is 521. The number of hydrogen-bond donors (Lipinski definition) is 3. The van der Waals surface area contributed by atoms with Crippen molar-refractivity contribution in [2.45, 2.75) is 25.3 Å². The Labute approximate surface area is 132 Å². The van der Waals surface area contributed by atoms with Gasteiger partial charge < -0.3 is 16.4 Å². The second kappa shape index (κ2) is 7.56. The number of halogens is 1. The third-order valence-electron chi connectivity index (χ3n) is 3.80. The topological polar surface area (TPSA) is 84.2 Å². The van der Waals surface area contributed by atoms with E-state index >= 15 is 0 Å². The van der Waals surface area contributed by atoms with Crippen molar-refractivity contribution >= 4 is 27.7 Å². The third kappa shape index (κ3) is 4.54. The number of rotatable bonds is 5. The van der Waals surface area contributed by atoms with E-state index in [0.717, 1.165) is 23.7 Å². The summed E-state index contributed by atoms with van der Waals surface area (Å²) in [5.41, 5.74) is 6.21. The van der Waals surface area contributed by atoms with Gasteiger partial charge in [-0.3, -0.25) is 9.59 Å². The Morgan fingerprint density at radius 3 is 2.86 bits per heavy atom. The number of nitrogens with one attached hydrogen (secondary N) is 2. The van der Waals surface area contributed by atoms with Crippen LogP contribution in [0.4, 0.5) is 0 Å². The first kappa shape index (κ1) is 16.0. The van der Waals surface area contributed by atoms with Crippen LogP contribution < -0.4 is 16.4 Å². The molecule has 1 aliphatic rings. The van der Waals surface area contributed by atoms with E-state index in [1.807, 2.05) is 6.07 Å². The first-order chi connectivity index (χ1) is 10.1. The van der Waals surface area contributed by atoms with Crippen molar-refractivity contribution in [2.24, 2.45) is 11.7 Å². The second-order valence-electron chi connectivity index (χ2n) is 5.29. The van der Waals surface area contributed by atoms with Crippen LogP contribution in [-0.4, -0.2) is 30.9 Å². The van der Waals surface area contributed by atoms with Gasteiger partial charge in [0, 0.05) is 16.1 Å². The lowest BCUT2D eigenvalue weighted by Gasteiger charge is -2.19. The molecular formula is C15H20BrN3O2. The average Bonchev–Trinajstić information content (AvgIpc) is 2.92. The Hall–Kier alpha value is -1.40. The SMILES string of the molecule is NCC1CCCC1NC(=O)CNC(=O)c1cccc(Br)c1. The molecule has 2 rings (SSSR count). The van der Waals surface area contributed by atoms with Gasteiger partial charge in [-0.25, -0.2) is 0 Å². The van der Waals surface area contributed by atoms with Crippen LogP contribution in [0.15, 0.2) is 28.7 Å². The molecule has 1 aromatic carbocycles. The fourth-order valence-electron chi connectivity index (χ4n) is 2.66. The highest BCUT2D eigenvalue weighted by molar-refractivity contribution is 9.10. The van der Waals surface area contributed by atoms with Crippen molar-refractivity contribution in [1.82, 2.24) is 10.6 Å². The minimum atomic E-state index is -0.256. The van der Waals surface area contributed by atoms with Crippen molar-refractivity contribution in [3.05, 3.63) is 34.3 Å². The summed E-state index contributed by atoms with van der Waals surface area (Å²) in [6.07, 6.45) is 3.12. The van der Waals surface area contributed by atoms with Crippen molar-refractivity contribution in [3.63, 3.8) is 0 Å². The quantitative estimate of drug-likeness (QED) is 0.748. The molecule has 0 aliphatic heterocycles. The van der Waals surface area contributed by atoms with Crippen LogP contribution in [0.1, 0.15) is 29.6 Å². The molecular weight excluding hydrogens is 334 g/mol. The van der Waals surface area contributed by atoms with Gasteiger partial charge in [0.25, 0.3) is 5.91 Å². The van der Waals surface area contributed by atoms with E-state index in [1.54, 1.807) is 18.2 Å². The van der Waals surface area contributed by atoms with Crippen molar-refractivity contribution < 1.29 is 9.59 Å². The second-order valence-corrected chi connectivity index (χ2v) is 6.21. The first-order valence-electron chi connectivity index (χ1n) is 7.13. The molecule has 2 atom stereocenters. The highest BCUT2D eigenvalue weighted by atomic mass is 79.9. The van der Waals surface area contributed by atoms with E-state index in [2.05, 4.69) is 26.6 Å². The van der Waals surface area contributed by atoms with Gasteiger partial charge in [0.1, 0.15) is 0 Å². The largest absolute Gasteiger partial charge is 0.352 e. The van der Waals surface area contributed by atoms with Crippen LogP contribution in [0.25, 0.3) is 0 Å². The standard InChI is InChI=1S/C15H20BrN3O2/c16-12-5-1-3-10(7-12)15(21)18-9-14(20)19-13-6-2-4-11(13)8-17/h1,3,5,7,11,13H,2,4,6,8-9,17H2,(H,18,21)(H,19,20). The molecule has 0 saturated heterocycles. The predicted octanol–water partition coefficient (Wildman–Crippen LogP) is 1.42. The Morgan fingerprint density at radius 2 is 2.14 bits per heavy atom. The number of carbonyl (C=O) groups is 2. The summed E-state index contributed by atoms with van der Waals surface area (Å²) < 4.78 is 0.830. The van der Waals surface area contributed by atoms with E-state index in [0.29, 0.717) is 18.0 Å². The maximum Gasteiger partial charge on any atom is 0.251 e. The smallest absolute Gasteiger partial charge is 0.251 e. The van der Waals surface area contributed by atoms with E-state index in [9.17, 15) is 9.59 Å². The molecule has 0 spiro atoms. The predicted molar refractivity (Wildman–Crippen MR) is 84.8 cm³/mol. The van der Waals surface area contributed by atoms with Gasteiger partial charge in [0.05, 0.1) is 6.54 Å². The minimum absolute atomic E-state index is 0.0147. The molecule has 0 bridgehead atoms. The summed E-state index contributed by atoms with van der Waals surface area (Å²) in [6, 6.07) is 7.19. The highest BCUT2D eigenvalue weighted by Gasteiger charge is 2.27. The van der Waals surface area contributed by atoms with Crippen LogP contribution in [0.2, 0.25) is 0 Å². The molecule has 1 saturated carbocycles. The van der Waals surface area contributed by atoms with Gasteiger partial charge in [-0.1, -0.05) is 28.4 Å². The zero-order valence-electron chi connectivity index (χ0n) is 11.8. The number of carbonyl (C=O) groups excluding carboxylic acids is 2. The molecule has 6 heteroatoms. The molecule has 2 amide bonds. The minimum Gasteiger partial charge on any atom is -0.352 e. The number of amides is 2. The highest BCUT2D eigenvalue weighted by Crippen LogP contribution is 2.24. The fourth-order valence-corrected chi connectivity index (χ4v) is 3.06. The van der Waals surface area contributed by atoms with Crippen LogP contribution in [0, 0.1) is 5.92 Å². The van der Waals surface area contributed by atoms with Crippen LogP contribution >= 0.6 is 15.9 Å². The molecule has 1 aromatic rings. The molecule has 2 unspecified atom stereocenters. The molecule has 0 heterocycles. The Kier molecular flexibility index (Phi) is 5.76. The lowest BCUT2D eigenvalue weighted by atomic mass is 10.0. The third-order valence-corrected chi connectivity index (χ3v) is 4.30. The summed E-state index contributed by atoms with van der Waals surface area (Å²) in [6.45, 7) is 0.578. The first-order valence-corrected chi connectivity index (χ1v) is 7.92. The van der Waals surface area contributed by atoms with Gasteiger partial charge in [-0.2, -0.15) is 0 Å². The van der Waals surface area contributed by atoms with Crippen molar-refractivity contribution in [1.29, 1.82) is 0 Å². The lowest BCUT2D eigenvalue weighted by molar-refractivity contribution is -0.121. The van der Waals surface area contributed by atoms with Gasteiger partial charge in [-0.15, -0.1) is 0 Å². The number of nitrogens with two attached hydrogens (primary N) is 1. The van der Waals surface area contributed by atoms with Gasteiger partial charge >= 0.3 is 0 Å². The van der Waals surface area contributed by atoms with Crippen molar-refractivity contribution in [2.75, 3.05) is 13.1 Å². The maximum atomic E-state index is 11.9. The van der Waals surface area contributed by atoms with Crippen molar-refractivity contribution in [3.8, 4) is 0 Å². The maximum absolute atomic E-state index is 11.9. The van der Waals surface area contributed by atoms with Gasteiger partial charge in [-0.05, 0) is 43.5 Å². The summed E-state index contributed by atoms with van der Waals surface area (Å²) in [5, 5.41) is 5.58. The molecule has 0 radical (unpaired) electrons. The molecule has 0 aromatic heterocycles. The van der Waals surface area contributed by atoms with E-state index in [1.165, 1.54) is 0 Å². The Morgan fingerprint density at radius 1 is 1.33 bits per heavy atom. The Balaban J connectivity index is 1.80. The number of hydrogen-bond acceptors (Lipinski definition) is 3. The summed E-state index contributed by atoms with van der Waals surface area (Å²) >= 11 is 3.31. The monoisotopic (exact) mass is 353 g/mol. The molecule has 5 nitrogen and oxygen atoms in total. The van der Waals surface area contributed by atoms with Crippen LogP contribution in [0.3, 0.4) is 0 Å². The van der Waals surface area contributed by atoms with Crippen LogP contribution in [-0.2, 0) is 4.79 Å². The molecule has 1 aliphatic carbocycles. The lowest BCUT2D eigenvalue weighted by Crippen LogP contribution is -2.44. The molecule has 1 fully saturated rings. The average molecular weight is 354 g/mol. The van der Waals surface area contributed by atoms with E-state index in [-0.39, 0.29) is 24.4 Å². The van der Waals surface area contributed by atoms with Gasteiger partial charge in [0.2, 0.25) is 5.91 Å². The summed E-state index contributed by atoms with van der Waals surface area (Å²) in [7, 11) is 0. The normalized spacial score (nSPS) is 21.0. The molecule has 114 valence electrons. The molecule has 21 heavy (non-hydrogen) atoms. The van der Waals surface area contributed by atoms with E-state index < -0.39 is 0 Å². The zero-order valence-corrected chi connectivity index (χ0v) is 13.4. The fraction of sp³-hybridized carbons (Fsp3) is 0.467.